The molecule has 0 rings (SSSR count). The van der Waals surface area contributed by atoms with Gasteiger partial charge in [0.05, 0.1) is 6.10 Å². The van der Waals surface area contributed by atoms with Gasteiger partial charge in [-0.25, -0.2) is 4.79 Å². The molecule has 0 heterocycles. The quantitative estimate of drug-likeness (QED) is 0.290. The minimum absolute atomic E-state index is 0.0332. The summed E-state index contributed by atoms with van der Waals surface area (Å²) < 4.78 is 5.13. The first-order valence-electron chi connectivity index (χ1n) is 5.43. The predicted octanol–water partition coefficient (Wildman–Crippen LogP) is 3.09. The van der Waals surface area contributed by atoms with Crippen molar-refractivity contribution in [2.45, 2.75) is 52.1 Å². The molecule has 0 radical (unpaired) electrons. The van der Waals surface area contributed by atoms with Crippen LogP contribution >= 0.6 is 0 Å². The number of ether oxygens (including phenoxy) is 1. The maximum absolute atomic E-state index is 11.1. The number of hydrogen-bond donors (Lipinski definition) is 1. The average molecular weight is 211 g/mol. The molecule has 3 heteroatoms. The zero-order valence-corrected chi connectivity index (χ0v) is 9.71. The summed E-state index contributed by atoms with van der Waals surface area (Å²) in [4.78, 5) is 11.1. The van der Waals surface area contributed by atoms with Gasteiger partial charge in [0.15, 0.2) is 0 Å². The van der Waals surface area contributed by atoms with Crippen molar-refractivity contribution in [1.82, 2.24) is 0 Å². The topological polar surface area (TPSA) is 50.2 Å². The fraction of sp³-hybridized carbons (Fsp3) is 0.667. The highest BCUT2D eigenvalue weighted by molar-refractivity contribution is 5.87. The third kappa shape index (κ3) is 7.91. The average Bonchev–Trinajstić information content (AvgIpc) is 2.17. The molecular weight excluding hydrogens is 190 g/mol. The Labute approximate surface area is 92.0 Å². The van der Waals surface area contributed by atoms with E-state index in [1.807, 2.05) is 6.92 Å². The van der Waals surface area contributed by atoms with E-state index in [1.54, 1.807) is 6.92 Å². The molecule has 0 amide bonds. The normalized spacial score (nSPS) is 11.9. The molecule has 0 saturated heterocycles. The van der Waals surface area contributed by atoms with Crippen LogP contribution in [0.3, 0.4) is 0 Å². The molecule has 0 aromatic rings. The lowest BCUT2D eigenvalue weighted by atomic mass is 10.1. The number of nitrogens with one attached hydrogen (secondary N) is 1. The van der Waals surface area contributed by atoms with Crippen molar-refractivity contribution in [2.75, 3.05) is 0 Å². The first kappa shape index (κ1) is 13.9. The van der Waals surface area contributed by atoms with E-state index in [1.165, 1.54) is 6.21 Å². The molecule has 0 spiro atoms. The molecule has 0 bridgehead atoms. The summed E-state index contributed by atoms with van der Waals surface area (Å²) >= 11 is 0. The summed E-state index contributed by atoms with van der Waals surface area (Å²) in [5.74, 6) is -0.304. The molecule has 1 N–H and O–H groups in total. The molecule has 0 aliphatic heterocycles. The van der Waals surface area contributed by atoms with Crippen LogP contribution in [0.1, 0.15) is 46.0 Å². The lowest BCUT2D eigenvalue weighted by Crippen LogP contribution is -2.15. The fourth-order valence-electron chi connectivity index (χ4n) is 1.20. The molecule has 0 fully saturated rings. The Hall–Kier alpha value is -1.12. The van der Waals surface area contributed by atoms with Crippen LogP contribution in [0, 0.1) is 5.41 Å². The molecule has 86 valence electrons. The largest absolute Gasteiger partial charge is 0.459 e. The Kier molecular flexibility index (Phi) is 7.60. The van der Waals surface area contributed by atoms with Crippen LogP contribution in [0.5, 0.6) is 0 Å². The summed E-state index contributed by atoms with van der Waals surface area (Å²) in [5, 5.41) is 6.86. The number of rotatable bonds is 8. The van der Waals surface area contributed by atoms with Crippen LogP contribution in [0.2, 0.25) is 0 Å². The van der Waals surface area contributed by atoms with Crippen molar-refractivity contribution in [3.63, 3.8) is 0 Å². The summed E-state index contributed by atoms with van der Waals surface area (Å²) in [6.07, 6.45) is 6.31. The van der Waals surface area contributed by atoms with Gasteiger partial charge >= 0.3 is 5.97 Å². The highest BCUT2D eigenvalue weighted by Gasteiger charge is 2.09. The predicted molar refractivity (Wildman–Crippen MR) is 62.2 cm³/mol. The van der Waals surface area contributed by atoms with Gasteiger partial charge in [0.25, 0.3) is 0 Å². The number of carbonyl (C=O) groups is 1. The monoisotopic (exact) mass is 211 g/mol. The Morgan fingerprint density at radius 2 is 2.13 bits per heavy atom. The van der Waals surface area contributed by atoms with Gasteiger partial charge in [-0.15, -0.1) is 0 Å². The van der Waals surface area contributed by atoms with Crippen molar-refractivity contribution in [3.05, 3.63) is 12.2 Å². The van der Waals surface area contributed by atoms with E-state index in [2.05, 4.69) is 6.58 Å². The molecule has 15 heavy (non-hydrogen) atoms. The highest BCUT2D eigenvalue weighted by atomic mass is 16.5. The second kappa shape index (κ2) is 8.21. The standard InChI is InChI=1S/C12H21NO2/c1-10(2)12(14)15-11(3)8-6-4-5-7-9-13/h9,11,13H,1,4-8H2,2-3H3. The molecule has 0 aromatic heterocycles. The van der Waals surface area contributed by atoms with Crippen LogP contribution in [-0.4, -0.2) is 18.3 Å². The fourth-order valence-corrected chi connectivity index (χ4v) is 1.20. The molecule has 0 aromatic carbocycles. The number of carbonyl (C=O) groups excluding carboxylic acids is 1. The maximum atomic E-state index is 11.1. The Morgan fingerprint density at radius 1 is 1.47 bits per heavy atom. The van der Waals surface area contributed by atoms with E-state index >= 15 is 0 Å². The third-order valence-corrected chi connectivity index (χ3v) is 2.12. The lowest BCUT2D eigenvalue weighted by Gasteiger charge is -2.12. The lowest BCUT2D eigenvalue weighted by molar-refractivity contribution is -0.143. The van der Waals surface area contributed by atoms with E-state index in [-0.39, 0.29) is 12.1 Å². The van der Waals surface area contributed by atoms with Crippen LogP contribution in [0.15, 0.2) is 12.2 Å². The summed E-state index contributed by atoms with van der Waals surface area (Å²) in [7, 11) is 0. The van der Waals surface area contributed by atoms with E-state index < -0.39 is 0 Å². The SMILES string of the molecule is C=C(C)C(=O)OC(C)CCCCCC=N. The van der Waals surface area contributed by atoms with Gasteiger partial charge in [0.1, 0.15) is 0 Å². The minimum atomic E-state index is -0.304. The zero-order valence-electron chi connectivity index (χ0n) is 9.71. The second-order valence-corrected chi connectivity index (χ2v) is 3.84. The van der Waals surface area contributed by atoms with Crippen LogP contribution in [-0.2, 0) is 9.53 Å². The summed E-state index contributed by atoms with van der Waals surface area (Å²) in [5.41, 5.74) is 0.450. The molecule has 3 nitrogen and oxygen atoms in total. The van der Waals surface area contributed by atoms with Gasteiger partial charge in [0.2, 0.25) is 0 Å². The Morgan fingerprint density at radius 3 is 2.67 bits per heavy atom. The molecule has 1 atom stereocenters. The first-order chi connectivity index (χ1) is 7.07. The van der Waals surface area contributed by atoms with Crippen molar-refractivity contribution >= 4 is 12.2 Å². The molecule has 1 unspecified atom stereocenters. The van der Waals surface area contributed by atoms with Crippen LogP contribution < -0.4 is 0 Å². The number of esters is 1. The van der Waals surface area contributed by atoms with E-state index in [0.717, 1.165) is 32.1 Å². The molecule has 0 aliphatic rings. The van der Waals surface area contributed by atoms with Crippen LogP contribution in [0.4, 0.5) is 0 Å². The molecular formula is C12H21NO2. The van der Waals surface area contributed by atoms with Crippen molar-refractivity contribution in [1.29, 1.82) is 5.41 Å². The van der Waals surface area contributed by atoms with Crippen molar-refractivity contribution in [3.8, 4) is 0 Å². The van der Waals surface area contributed by atoms with Gasteiger partial charge in [-0.2, -0.15) is 0 Å². The second-order valence-electron chi connectivity index (χ2n) is 3.84. The highest BCUT2D eigenvalue weighted by Crippen LogP contribution is 2.08. The zero-order chi connectivity index (χ0) is 11.7. The van der Waals surface area contributed by atoms with Gasteiger partial charge in [-0.1, -0.05) is 13.0 Å². The number of unbranched alkanes of at least 4 members (excludes halogenated alkanes) is 3. The van der Waals surface area contributed by atoms with Gasteiger partial charge in [-0.05, 0) is 45.7 Å². The Balaban J connectivity index is 3.48. The molecule has 0 saturated carbocycles. The third-order valence-electron chi connectivity index (χ3n) is 2.12. The van der Waals surface area contributed by atoms with E-state index in [0.29, 0.717) is 5.57 Å². The minimum Gasteiger partial charge on any atom is -0.459 e. The summed E-state index contributed by atoms with van der Waals surface area (Å²) in [6.45, 7) is 7.08. The van der Waals surface area contributed by atoms with Gasteiger partial charge < -0.3 is 10.1 Å². The number of hydrogen-bond acceptors (Lipinski definition) is 3. The van der Waals surface area contributed by atoms with Crippen molar-refractivity contribution < 1.29 is 9.53 Å². The summed E-state index contributed by atoms with van der Waals surface area (Å²) in [6, 6.07) is 0. The van der Waals surface area contributed by atoms with Gasteiger partial charge in [-0.3, -0.25) is 0 Å². The van der Waals surface area contributed by atoms with E-state index in [4.69, 9.17) is 10.1 Å². The first-order valence-corrected chi connectivity index (χ1v) is 5.43. The maximum Gasteiger partial charge on any atom is 0.333 e. The smallest absolute Gasteiger partial charge is 0.333 e. The van der Waals surface area contributed by atoms with E-state index in [9.17, 15) is 4.79 Å². The van der Waals surface area contributed by atoms with Crippen molar-refractivity contribution in [2.24, 2.45) is 0 Å². The van der Waals surface area contributed by atoms with Gasteiger partial charge in [0, 0.05) is 5.57 Å². The Bertz CT molecular complexity index is 224. The molecule has 0 aliphatic carbocycles. The van der Waals surface area contributed by atoms with Crippen LogP contribution in [0.25, 0.3) is 0 Å².